The van der Waals surface area contributed by atoms with Crippen LogP contribution in [-0.4, -0.2) is 41.0 Å². The van der Waals surface area contributed by atoms with E-state index in [9.17, 15) is 4.79 Å². The molecule has 2 heterocycles. The molecule has 1 aromatic rings. The smallest absolute Gasteiger partial charge is 0.230 e. The highest BCUT2D eigenvalue weighted by molar-refractivity contribution is 8.00. The number of carbonyl (C=O) groups is 1. The molecule has 2 fully saturated rings. The molecule has 1 saturated heterocycles. The van der Waals surface area contributed by atoms with Crippen LogP contribution < -0.4 is 10.2 Å². The molecule has 1 aliphatic heterocycles. The predicted molar refractivity (Wildman–Crippen MR) is 87.7 cm³/mol. The van der Waals surface area contributed by atoms with Crippen LogP contribution in [0.5, 0.6) is 0 Å². The molecule has 4 nitrogen and oxygen atoms in total. The van der Waals surface area contributed by atoms with Gasteiger partial charge in [-0.25, -0.2) is 4.98 Å². The number of amides is 1. The normalized spacial score (nSPS) is 22.7. The van der Waals surface area contributed by atoms with E-state index in [-0.39, 0.29) is 11.9 Å². The molecule has 1 amide bonds. The zero-order chi connectivity index (χ0) is 14.5. The van der Waals surface area contributed by atoms with Gasteiger partial charge in [-0.05, 0) is 31.4 Å². The molecule has 0 bridgehead atoms. The van der Waals surface area contributed by atoms with Gasteiger partial charge in [0, 0.05) is 30.6 Å². The summed E-state index contributed by atoms with van der Waals surface area (Å²) in [5, 5.41) is 3.89. The fourth-order valence-electron chi connectivity index (χ4n) is 3.14. The number of rotatable bonds is 5. The highest BCUT2D eigenvalue weighted by Gasteiger charge is 2.25. The number of hydrogen-bond acceptors (Lipinski definition) is 4. The highest BCUT2D eigenvalue weighted by atomic mass is 32.2. The molecule has 114 valence electrons. The van der Waals surface area contributed by atoms with Crippen LogP contribution in [0, 0.1) is 0 Å². The minimum Gasteiger partial charge on any atom is -0.354 e. The van der Waals surface area contributed by atoms with Gasteiger partial charge in [0.1, 0.15) is 5.82 Å². The zero-order valence-corrected chi connectivity index (χ0v) is 13.1. The predicted octanol–water partition coefficient (Wildman–Crippen LogP) is 2.45. The van der Waals surface area contributed by atoms with Crippen molar-refractivity contribution in [3.8, 4) is 0 Å². The van der Waals surface area contributed by atoms with Crippen LogP contribution >= 0.6 is 11.8 Å². The largest absolute Gasteiger partial charge is 0.354 e. The van der Waals surface area contributed by atoms with Crippen molar-refractivity contribution < 1.29 is 4.79 Å². The van der Waals surface area contributed by atoms with E-state index < -0.39 is 0 Å². The van der Waals surface area contributed by atoms with Gasteiger partial charge in [0.05, 0.1) is 5.75 Å². The first-order valence-electron chi connectivity index (χ1n) is 7.88. The van der Waals surface area contributed by atoms with Crippen LogP contribution in [0.3, 0.4) is 0 Å². The Morgan fingerprint density at radius 3 is 2.95 bits per heavy atom. The topological polar surface area (TPSA) is 45.2 Å². The summed E-state index contributed by atoms with van der Waals surface area (Å²) in [6, 6.07) is 6.23. The van der Waals surface area contributed by atoms with Crippen molar-refractivity contribution in [2.75, 3.05) is 23.7 Å². The minimum atomic E-state index is 0.194. The maximum Gasteiger partial charge on any atom is 0.230 e. The number of pyridine rings is 1. The second kappa shape index (κ2) is 7.16. The Balaban J connectivity index is 1.41. The summed E-state index contributed by atoms with van der Waals surface area (Å²) in [5.74, 6) is 1.82. The molecule has 0 unspecified atom stereocenters. The third-order valence-electron chi connectivity index (χ3n) is 4.28. The third-order valence-corrected chi connectivity index (χ3v) is 5.65. The average Bonchev–Trinajstić information content (AvgIpc) is 3.17. The van der Waals surface area contributed by atoms with Crippen molar-refractivity contribution in [3.63, 3.8) is 0 Å². The number of nitrogens with zero attached hydrogens (tertiary/aromatic N) is 2. The summed E-state index contributed by atoms with van der Waals surface area (Å²) in [6.07, 6.45) is 8.07. The van der Waals surface area contributed by atoms with Gasteiger partial charge in [0.25, 0.3) is 0 Å². The van der Waals surface area contributed by atoms with E-state index in [0.29, 0.717) is 11.0 Å². The van der Waals surface area contributed by atoms with E-state index >= 15 is 0 Å². The molecule has 1 saturated carbocycles. The summed E-state index contributed by atoms with van der Waals surface area (Å²) >= 11 is 1.83. The minimum absolute atomic E-state index is 0.194. The van der Waals surface area contributed by atoms with Crippen molar-refractivity contribution in [2.24, 2.45) is 0 Å². The molecular formula is C16H23N3OS. The number of anilines is 1. The molecule has 5 heteroatoms. The van der Waals surface area contributed by atoms with Crippen molar-refractivity contribution in [3.05, 3.63) is 24.4 Å². The SMILES string of the molecule is O=C(CSC1CCCC1)N[C@H]1CCN(c2ccccn2)C1. The van der Waals surface area contributed by atoms with Gasteiger partial charge in [-0.2, -0.15) is 0 Å². The summed E-state index contributed by atoms with van der Waals surface area (Å²) < 4.78 is 0. The number of hydrogen-bond donors (Lipinski definition) is 1. The van der Waals surface area contributed by atoms with Gasteiger partial charge in [-0.3, -0.25) is 4.79 Å². The standard InChI is InChI=1S/C16H23N3OS/c20-16(12-21-14-5-1-2-6-14)18-13-8-10-19(11-13)15-7-3-4-9-17-15/h3-4,7,9,13-14H,1-2,5-6,8,10-12H2,(H,18,20)/t13-/m0/s1. The van der Waals surface area contributed by atoms with Gasteiger partial charge < -0.3 is 10.2 Å². The molecule has 1 aromatic heterocycles. The summed E-state index contributed by atoms with van der Waals surface area (Å²) in [7, 11) is 0. The average molecular weight is 305 g/mol. The lowest BCUT2D eigenvalue weighted by Gasteiger charge is -2.18. The van der Waals surface area contributed by atoms with E-state index in [2.05, 4.69) is 15.2 Å². The molecule has 1 atom stereocenters. The summed E-state index contributed by atoms with van der Waals surface area (Å²) in [5.41, 5.74) is 0. The van der Waals surface area contributed by atoms with Crippen LogP contribution in [0.4, 0.5) is 5.82 Å². The molecule has 2 aliphatic rings. The first kappa shape index (κ1) is 14.7. The molecule has 0 spiro atoms. The van der Waals surface area contributed by atoms with Crippen molar-refractivity contribution in [2.45, 2.75) is 43.4 Å². The first-order chi connectivity index (χ1) is 10.3. The molecule has 1 aliphatic carbocycles. The van der Waals surface area contributed by atoms with Gasteiger partial charge in [0.15, 0.2) is 0 Å². The zero-order valence-electron chi connectivity index (χ0n) is 12.3. The van der Waals surface area contributed by atoms with Gasteiger partial charge in [0.2, 0.25) is 5.91 Å². The number of thioether (sulfide) groups is 1. The number of nitrogens with one attached hydrogen (secondary N) is 1. The van der Waals surface area contributed by atoms with E-state index in [1.807, 2.05) is 36.2 Å². The molecule has 3 rings (SSSR count). The molecule has 0 aromatic carbocycles. The Hall–Kier alpha value is -1.23. The van der Waals surface area contributed by atoms with Crippen LogP contribution in [0.25, 0.3) is 0 Å². The van der Waals surface area contributed by atoms with Crippen molar-refractivity contribution in [1.82, 2.24) is 10.3 Å². The van der Waals surface area contributed by atoms with Crippen LogP contribution in [0.15, 0.2) is 24.4 Å². The Morgan fingerprint density at radius 1 is 1.33 bits per heavy atom. The Morgan fingerprint density at radius 2 is 2.19 bits per heavy atom. The highest BCUT2D eigenvalue weighted by Crippen LogP contribution is 2.29. The van der Waals surface area contributed by atoms with Crippen LogP contribution in [-0.2, 0) is 4.79 Å². The summed E-state index contributed by atoms with van der Waals surface area (Å²) in [6.45, 7) is 1.84. The van der Waals surface area contributed by atoms with Gasteiger partial charge in [-0.15, -0.1) is 11.8 Å². The molecular weight excluding hydrogens is 282 g/mol. The van der Waals surface area contributed by atoms with Crippen LogP contribution in [0.1, 0.15) is 32.1 Å². The van der Waals surface area contributed by atoms with E-state index in [1.165, 1.54) is 25.7 Å². The van der Waals surface area contributed by atoms with Crippen molar-refractivity contribution >= 4 is 23.5 Å². The Bertz CT molecular complexity index is 462. The van der Waals surface area contributed by atoms with Gasteiger partial charge in [-0.1, -0.05) is 18.9 Å². The van der Waals surface area contributed by atoms with E-state index in [1.54, 1.807) is 0 Å². The molecule has 0 radical (unpaired) electrons. The van der Waals surface area contributed by atoms with Crippen LogP contribution in [0.2, 0.25) is 0 Å². The fraction of sp³-hybridized carbons (Fsp3) is 0.625. The molecule has 21 heavy (non-hydrogen) atoms. The number of aromatic nitrogens is 1. The van der Waals surface area contributed by atoms with Crippen molar-refractivity contribution in [1.29, 1.82) is 0 Å². The lowest BCUT2D eigenvalue weighted by molar-refractivity contribution is -0.119. The van der Waals surface area contributed by atoms with Gasteiger partial charge >= 0.3 is 0 Å². The Kier molecular flexibility index (Phi) is 5.01. The Labute approximate surface area is 130 Å². The monoisotopic (exact) mass is 305 g/mol. The second-order valence-electron chi connectivity index (χ2n) is 5.90. The maximum absolute atomic E-state index is 12.0. The second-order valence-corrected chi connectivity index (χ2v) is 7.19. The fourth-order valence-corrected chi connectivity index (χ4v) is 4.28. The van der Waals surface area contributed by atoms with E-state index in [4.69, 9.17) is 0 Å². The number of carbonyl (C=O) groups excluding carboxylic acids is 1. The summed E-state index contributed by atoms with van der Waals surface area (Å²) in [4.78, 5) is 18.6. The maximum atomic E-state index is 12.0. The quantitative estimate of drug-likeness (QED) is 0.907. The lowest BCUT2D eigenvalue weighted by Crippen LogP contribution is -2.38. The molecule has 1 N–H and O–H groups in total. The first-order valence-corrected chi connectivity index (χ1v) is 8.93. The van der Waals surface area contributed by atoms with E-state index in [0.717, 1.165) is 25.3 Å². The lowest BCUT2D eigenvalue weighted by atomic mass is 10.2. The third kappa shape index (κ3) is 4.13.